The minimum atomic E-state index is 1.22. The predicted molar refractivity (Wildman–Crippen MR) is 53.4 cm³/mol. The maximum absolute atomic E-state index is 3.16. The average Bonchev–Trinajstić information content (AvgIpc) is 2.37. The van der Waals surface area contributed by atoms with Crippen molar-refractivity contribution in [1.82, 2.24) is 4.98 Å². The van der Waals surface area contributed by atoms with Gasteiger partial charge in [-0.2, -0.15) is 0 Å². The quantitative estimate of drug-likeness (QED) is 0.525. The van der Waals surface area contributed by atoms with Gasteiger partial charge in [0.05, 0.1) is 0 Å². The van der Waals surface area contributed by atoms with Crippen molar-refractivity contribution in [1.29, 1.82) is 0 Å². The van der Waals surface area contributed by atoms with Crippen molar-refractivity contribution in [2.75, 3.05) is 0 Å². The van der Waals surface area contributed by atoms with E-state index in [0.717, 1.165) is 0 Å². The van der Waals surface area contributed by atoms with Crippen molar-refractivity contribution in [2.45, 2.75) is 32.6 Å². The topological polar surface area (TPSA) is 15.8 Å². The highest BCUT2D eigenvalue weighted by atomic mass is 31.0. The lowest BCUT2D eigenvalue weighted by Gasteiger charge is -1.97. The van der Waals surface area contributed by atoms with Gasteiger partial charge in [-0.1, -0.05) is 29.0 Å². The first kappa shape index (κ1) is 8.80. The molecule has 11 heavy (non-hydrogen) atoms. The number of nitrogens with one attached hydrogen (secondary N) is 1. The third-order valence-electron chi connectivity index (χ3n) is 1.92. The van der Waals surface area contributed by atoms with Gasteiger partial charge >= 0.3 is 0 Å². The summed E-state index contributed by atoms with van der Waals surface area (Å²) in [6.45, 7) is 2.23. The molecule has 2 heteroatoms. The van der Waals surface area contributed by atoms with Crippen LogP contribution in [0.2, 0.25) is 0 Å². The van der Waals surface area contributed by atoms with Crippen LogP contribution in [-0.2, 0) is 6.42 Å². The van der Waals surface area contributed by atoms with Crippen LogP contribution >= 0.6 is 9.24 Å². The maximum Gasteiger partial charge on any atom is 0.0353 e. The minimum Gasteiger partial charge on any atom is -0.362 e. The van der Waals surface area contributed by atoms with Gasteiger partial charge in [0.25, 0.3) is 0 Å². The Kier molecular flexibility index (Phi) is 3.65. The maximum atomic E-state index is 3.16. The molecule has 0 bridgehead atoms. The van der Waals surface area contributed by atoms with Crippen LogP contribution < -0.4 is 5.44 Å². The van der Waals surface area contributed by atoms with Crippen molar-refractivity contribution in [3.8, 4) is 0 Å². The van der Waals surface area contributed by atoms with Crippen LogP contribution in [0.25, 0.3) is 0 Å². The van der Waals surface area contributed by atoms with E-state index in [1.807, 2.05) is 6.20 Å². The summed E-state index contributed by atoms with van der Waals surface area (Å²) in [5, 5.41) is 0. The van der Waals surface area contributed by atoms with Gasteiger partial charge in [0.15, 0.2) is 0 Å². The molecule has 1 N–H and O–H groups in total. The summed E-state index contributed by atoms with van der Waals surface area (Å²) < 4.78 is 0. The summed E-state index contributed by atoms with van der Waals surface area (Å²) in [6.07, 6.45) is 7.18. The van der Waals surface area contributed by atoms with E-state index in [0.29, 0.717) is 0 Å². The first-order valence-electron chi connectivity index (χ1n) is 4.26. The Morgan fingerprint density at radius 3 is 2.82 bits per heavy atom. The van der Waals surface area contributed by atoms with E-state index in [2.05, 4.69) is 27.2 Å². The lowest BCUT2D eigenvalue weighted by atomic mass is 10.1. The molecule has 0 amide bonds. The van der Waals surface area contributed by atoms with Gasteiger partial charge in [0, 0.05) is 11.6 Å². The molecule has 0 fully saturated rings. The van der Waals surface area contributed by atoms with Gasteiger partial charge in [0.1, 0.15) is 0 Å². The number of unbranched alkanes of at least 4 members (excludes halogenated alkanes) is 2. The van der Waals surface area contributed by atoms with Gasteiger partial charge in [-0.25, -0.2) is 0 Å². The molecule has 0 saturated heterocycles. The molecule has 1 nitrogen and oxygen atoms in total. The van der Waals surface area contributed by atoms with Crippen LogP contribution in [0.3, 0.4) is 0 Å². The first-order valence-corrected chi connectivity index (χ1v) is 4.84. The molecule has 0 aliphatic heterocycles. The summed E-state index contributed by atoms with van der Waals surface area (Å²) in [6, 6.07) is 2.16. The zero-order valence-electron chi connectivity index (χ0n) is 7.06. The fourth-order valence-corrected chi connectivity index (χ4v) is 1.53. The van der Waals surface area contributed by atoms with Gasteiger partial charge in [0.2, 0.25) is 0 Å². The number of aromatic amines is 1. The second-order valence-corrected chi connectivity index (χ2v) is 3.45. The minimum absolute atomic E-state index is 1.22. The molecule has 0 aliphatic carbocycles. The van der Waals surface area contributed by atoms with Crippen molar-refractivity contribution in [2.24, 2.45) is 0 Å². The largest absolute Gasteiger partial charge is 0.362 e. The second-order valence-electron chi connectivity index (χ2n) is 2.87. The SMILES string of the molecule is CCCCCc1cc[nH]c1P. The zero-order chi connectivity index (χ0) is 8.10. The summed E-state index contributed by atoms with van der Waals surface area (Å²) in [5.74, 6) is 0. The Morgan fingerprint density at radius 1 is 1.45 bits per heavy atom. The third-order valence-corrected chi connectivity index (χ3v) is 2.46. The van der Waals surface area contributed by atoms with Gasteiger partial charge < -0.3 is 4.98 Å². The summed E-state index contributed by atoms with van der Waals surface area (Å²) in [7, 11) is 2.73. The second kappa shape index (κ2) is 4.56. The Morgan fingerprint density at radius 2 is 2.27 bits per heavy atom. The van der Waals surface area contributed by atoms with E-state index < -0.39 is 0 Å². The lowest BCUT2D eigenvalue weighted by Crippen LogP contribution is -1.98. The highest BCUT2D eigenvalue weighted by Gasteiger charge is 1.96. The number of H-pyrrole nitrogens is 1. The fourth-order valence-electron chi connectivity index (χ4n) is 1.20. The van der Waals surface area contributed by atoms with Crippen molar-refractivity contribution in [3.63, 3.8) is 0 Å². The van der Waals surface area contributed by atoms with Crippen LogP contribution in [0.5, 0.6) is 0 Å². The molecule has 0 radical (unpaired) electrons. The highest BCUT2D eigenvalue weighted by molar-refractivity contribution is 7.27. The smallest absolute Gasteiger partial charge is 0.0353 e. The number of aryl methyl sites for hydroxylation is 1. The fraction of sp³-hybridized carbons (Fsp3) is 0.556. The Balaban J connectivity index is 2.32. The average molecular weight is 169 g/mol. The molecule has 0 spiro atoms. The number of rotatable bonds is 4. The van der Waals surface area contributed by atoms with Crippen LogP contribution in [0, 0.1) is 0 Å². The molecule has 1 atom stereocenters. The molecule has 0 aromatic carbocycles. The molecule has 0 saturated carbocycles. The monoisotopic (exact) mass is 169 g/mol. The molecule has 1 aromatic rings. The van der Waals surface area contributed by atoms with Crippen LogP contribution in [0.15, 0.2) is 12.3 Å². The van der Waals surface area contributed by atoms with Crippen molar-refractivity contribution >= 4 is 14.7 Å². The molecule has 1 aromatic heterocycles. The third kappa shape index (κ3) is 2.67. The summed E-state index contributed by atoms with van der Waals surface area (Å²) in [4.78, 5) is 3.16. The number of hydrogen-bond acceptors (Lipinski definition) is 0. The van der Waals surface area contributed by atoms with E-state index in [9.17, 15) is 0 Å². The molecule has 0 aliphatic rings. The van der Waals surface area contributed by atoms with E-state index in [1.165, 1.54) is 36.7 Å². The lowest BCUT2D eigenvalue weighted by molar-refractivity contribution is 0.719. The highest BCUT2D eigenvalue weighted by Crippen LogP contribution is 2.05. The van der Waals surface area contributed by atoms with Crippen molar-refractivity contribution < 1.29 is 0 Å². The van der Waals surface area contributed by atoms with Crippen LogP contribution in [0.1, 0.15) is 31.7 Å². The van der Waals surface area contributed by atoms with Gasteiger partial charge in [-0.05, 0) is 24.5 Å². The zero-order valence-corrected chi connectivity index (χ0v) is 8.22. The van der Waals surface area contributed by atoms with Gasteiger partial charge in [-0.15, -0.1) is 0 Å². The first-order chi connectivity index (χ1) is 5.34. The standard InChI is InChI=1S/C9H16NP/c1-2-3-4-5-8-6-7-10-9(8)11/h6-7,10H,2-5,11H2,1H3. The molecule has 62 valence electrons. The molecule has 1 rings (SSSR count). The van der Waals surface area contributed by atoms with Crippen LogP contribution in [-0.4, -0.2) is 4.98 Å². The van der Waals surface area contributed by atoms with E-state index >= 15 is 0 Å². The van der Waals surface area contributed by atoms with E-state index in [1.54, 1.807) is 0 Å². The van der Waals surface area contributed by atoms with Crippen LogP contribution in [0.4, 0.5) is 0 Å². The number of aromatic nitrogens is 1. The predicted octanol–water partition coefficient (Wildman–Crippen LogP) is 2.25. The van der Waals surface area contributed by atoms with Gasteiger partial charge in [-0.3, -0.25) is 0 Å². The van der Waals surface area contributed by atoms with E-state index in [4.69, 9.17) is 0 Å². The number of hydrogen-bond donors (Lipinski definition) is 1. The molecule has 1 heterocycles. The Hall–Kier alpha value is -0.290. The van der Waals surface area contributed by atoms with E-state index in [-0.39, 0.29) is 0 Å². The Labute approximate surface area is 70.8 Å². The molecule has 1 unspecified atom stereocenters. The molecular formula is C9H16NP. The summed E-state index contributed by atoms with van der Waals surface area (Å²) in [5.41, 5.74) is 2.70. The summed E-state index contributed by atoms with van der Waals surface area (Å²) >= 11 is 0. The molecular weight excluding hydrogens is 153 g/mol. The van der Waals surface area contributed by atoms with Crippen molar-refractivity contribution in [3.05, 3.63) is 17.8 Å². The Bertz CT molecular complexity index is 205. The normalized spacial score (nSPS) is 10.4.